The molecule has 2 rings (SSSR count). The normalized spacial score (nSPS) is 10.8. The maximum Gasteiger partial charge on any atom is 0.340 e. The zero-order chi connectivity index (χ0) is 21.8. The summed E-state index contributed by atoms with van der Waals surface area (Å²) in [5.74, 6) is -0.827. The first-order valence-electron chi connectivity index (χ1n) is 8.25. The van der Waals surface area contributed by atoms with Gasteiger partial charge in [-0.25, -0.2) is 13.2 Å². The third kappa shape index (κ3) is 4.43. The number of sulfonamides is 1. The highest BCUT2D eigenvalue weighted by molar-refractivity contribution is 7.92. The predicted molar refractivity (Wildman–Crippen MR) is 105 cm³/mol. The topological polar surface area (TPSA) is 117 Å². The van der Waals surface area contributed by atoms with Crippen molar-refractivity contribution in [1.82, 2.24) is 0 Å². The summed E-state index contributed by atoms with van der Waals surface area (Å²) < 4.78 is 48.6. The quantitative estimate of drug-likeness (QED) is 0.508. The van der Waals surface area contributed by atoms with Crippen LogP contribution in [0.5, 0.6) is 17.2 Å². The summed E-state index contributed by atoms with van der Waals surface area (Å²) in [4.78, 5) is 23.6. The van der Waals surface area contributed by atoms with Crippen molar-refractivity contribution < 1.29 is 37.0 Å². The molecular formula is C19H21NO8S. The molecule has 0 aromatic heterocycles. The van der Waals surface area contributed by atoms with Gasteiger partial charge in [0.25, 0.3) is 10.0 Å². The fourth-order valence-electron chi connectivity index (χ4n) is 2.59. The molecule has 0 aliphatic rings. The monoisotopic (exact) mass is 423 g/mol. The second-order valence-electron chi connectivity index (χ2n) is 5.75. The van der Waals surface area contributed by atoms with E-state index in [4.69, 9.17) is 18.9 Å². The summed E-state index contributed by atoms with van der Waals surface area (Å²) in [6.45, 7) is 1.37. The lowest BCUT2D eigenvalue weighted by molar-refractivity contribution is 0.0601. The maximum atomic E-state index is 12.9. The Morgan fingerprint density at radius 2 is 1.48 bits per heavy atom. The Kier molecular flexibility index (Phi) is 6.70. The van der Waals surface area contributed by atoms with Gasteiger partial charge in [0.1, 0.15) is 5.69 Å². The van der Waals surface area contributed by atoms with Gasteiger partial charge < -0.3 is 18.9 Å². The van der Waals surface area contributed by atoms with E-state index in [0.717, 1.165) is 7.11 Å². The minimum atomic E-state index is -4.14. The van der Waals surface area contributed by atoms with Crippen molar-refractivity contribution in [2.75, 3.05) is 33.2 Å². The van der Waals surface area contributed by atoms with E-state index in [1.54, 1.807) is 0 Å². The fraction of sp³-hybridized carbons (Fsp3) is 0.263. The van der Waals surface area contributed by atoms with E-state index in [1.807, 2.05) is 0 Å². The van der Waals surface area contributed by atoms with Gasteiger partial charge in [-0.3, -0.25) is 9.52 Å². The number of nitrogens with one attached hydrogen (secondary N) is 1. The number of rotatable bonds is 8. The molecule has 0 atom stereocenters. The highest BCUT2D eigenvalue weighted by atomic mass is 32.2. The number of carbonyl (C=O) groups excluding carboxylic acids is 2. The van der Waals surface area contributed by atoms with Crippen LogP contribution in [-0.4, -0.2) is 48.6 Å². The molecule has 0 spiro atoms. The molecule has 0 unspecified atom stereocenters. The summed E-state index contributed by atoms with van der Waals surface area (Å²) in [5, 5.41) is 0. The summed E-state index contributed by atoms with van der Waals surface area (Å²) in [6, 6.07) is 6.63. The minimum Gasteiger partial charge on any atom is -0.493 e. The van der Waals surface area contributed by atoms with E-state index in [-0.39, 0.29) is 39.2 Å². The van der Waals surface area contributed by atoms with Gasteiger partial charge in [-0.2, -0.15) is 0 Å². The Morgan fingerprint density at radius 1 is 0.897 bits per heavy atom. The van der Waals surface area contributed by atoms with Gasteiger partial charge in [0, 0.05) is 11.6 Å². The highest BCUT2D eigenvalue weighted by Gasteiger charge is 2.28. The molecule has 0 aliphatic carbocycles. The first-order valence-corrected chi connectivity index (χ1v) is 9.73. The molecule has 0 amide bonds. The van der Waals surface area contributed by atoms with Crippen molar-refractivity contribution in [3.05, 3.63) is 41.5 Å². The Labute approximate surface area is 168 Å². The third-order valence-electron chi connectivity index (χ3n) is 4.04. The van der Waals surface area contributed by atoms with Crippen molar-refractivity contribution in [3.63, 3.8) is 0 Å². The lowest BCUT2D eigenvalue weighted by atomic mass is 10.1. The zero-order valence-corrected chi connectivity index (χ0v) is 17.4. The summed E-state index contributed by atoms with van der Waals surface area (Å²) in [7, 11) is 1.01. The molecular weight excluding hydrogens is 402 g/mol. The van der Waals surface area contributed by atoms with Gasteiger partial charge in [-0.1, -0.05) is 12.1 Å². The van der Waals surface area contributed by atoms with Crippen LogP contribution in [0.3, 0.4) is 0 Å². The van der Waals surface area contributed by atoms with Crippen LogP contribution in [-0.2, 0) is 14.8 Å². The van der Waals surface area contributed by atoms with Gasteiger partial charge in [0.2, 0.25) is 5.75 Å². The van der Waals surface area contributed by atoms with E-state index in [0.29, 0.717) is 5.56 Å². The van der Waals surface area contributed by atoms with Gasteiger partial charge in [0.15, 0.2) is 17.3 Å². The molecule has 0 aliphatic heterocycles. The van der Waals surface area contributed by atoms with Crippen LogP contribution in [0.1, 0.15) is 27.6 Å². The van der Waals surface area contributed by atoms with Crippen LogP contribution in [0.15, 0.2) is 35.2 Å². The van der Waals surface area contributed by atoms with Crippen molar-refractivity contribution >= 4 is 27.5 Å². The van der Waals surface area contributed by atoms with Crippen LogP contribution in [0.25, 0.3) is 0 Å². The van der Waals surface area contributed by atoms with Crippen molar-refractivity contribution in [2.45, 2.75) is 11.8 Å². The molecule has 156 valence electrons. The second-order valence-corrected chi connectivity index (χ2v) is 7.43. The van der Waals surface area contributed by atoms with Gasteiger partial charge in [-0.15, -0.1) is 0 Å². The Hall–Kier alpha value is -3.27. The van der Waals surface area contributed by atoms with E-state index in [1.165, 1.54) is 58.6 Å². The third-order valence-corrected chi connectivity index (χ3v) is 5.41. The van der Waals surface area contributed by atoms with Crippen molar-refractivity contribution in [1.29, 1.82) is 0 Å². The number of methoxy groups -OCH3 is 4. The van der Waals surface area contributed by atoms with Crippen molar-refractivity contribution in [2.24, 2.45) is 0 Å². The largest absolute Gasteiger partial charge is 0.493 e. The number of hydrogen-bond acceptors (Lipinski definition) is 8. The van der Waals surface area contributed by atoms with Crippen LogP contribution in [0.2, 0.25) is 0 Å². The van der Waals surface area contributed by atoms with E-state index in [2.05, 4.69) is 4.72 Å². The Balaban J connectivity index is 2.65. The summed E-state index contributed by atoms with van der Waals surface area (Å²) in [5.41, 5.74) is 0.0569. The summed E-state index contributed by atoms with van der Waals surface area (Å²) >= 11 is 0. The molecule has 10 heteroatoms. The van der Waals surface area contributed by atoms with Gasteiger partial charge >= 0.3 is 5.97 Å². The fourth-order valence-corrected chi connectivity index (χ4v) is 3.67. The maximum absolute atomic E-state index is 12.9. The number of ketones is 1. The molecule has 0 saturated heterocycles. The molecule has 29 heavy (non-hydrogen) atoms. The molecule has 0 fully saturated rings. The molecule has 0 saturated carbocycles. The molecule has 2 aromatic carbocycles. The molecule has 0 radical (unpaired) electrons. The number of hydrogen-bond donors (Lipinski definition) is 1. The van der Waals surface area contributed by atoms with Crippen LogP contribution < -0.4 is 18.9 Å². The lowest BCUT2D eigenvalue weighted by Crippen LogP contribution is -2.18. The smallest absolute Gasteiger partial charge is 0.340 e. The number of carbonyl (C=O) groups is 2. The number of benzene rings is 2. The Bertz CT molecular complexity index is 1030. The molecule has 0 bridgehead atoms. The lowest BCUT2D eigenvalue weighted by Gasteiger charge is -2.19. The molecule has 1 N–H and O–H groups in total. The van der Waals surface area contributed by atoms with E-state index in [9.17, 15) is 18.0 Å². The predicted octanol–water partition coefficient (Wildman–Crippen LogP) is 2.50. The molecule has 2 aromatic rings. The summed E-state index contributed by atoms with van der Waals surface area (Å²) in [6.07, 6.45) is 0. The van der Waals surface area contributed by atoms with Crippen LogP contribution in [0.4, 0.5) is 5.69 Å². The van der Waals surface area contributed by atoms with Crippen LogP contribution in [0, 0.1) is 0 Å². The van der Waals surface area contributed by atoms with E-state index >= 15 is 0 Å². The minimum absolute atomic E-state index is 0.0591. The van der Waals surface area contributed by atoms with Crippen molar-refractivity contribution in [3.8, 4) is 17.2 Å². The SMILES string of the molecule is COC(=O)c1cc(OC)c(OC)c(OC)c1NS(=O)(=O)c1ccc(C(C)=O)cc1. The zero-order valence-electron chi connectivity index (χ0n) is 16.6. The van der Waals surface area contributed by atoms with Gasteiger partial charge in [-0.05, 0) is 19.1 Å². The first-order chi connectivity index (χ1) is 13.7. The Morgan fingerprint density at radius 3 is 1.93 bits per heavy atom. The van der Waals surface area contributed by atoms with E-state index < -0.39 is 16.0 Å². The molecule has 0 heterocycles. The first kappa shape index (κ1) is 22.0. The second kappa shape index (κ2) is 8.82. The number of anilines is 1. The van der Waals surface area contributed by atoms with Gasteiger partial charge in [0.05, 0.1) is 38.9 Å². The number of esters is 1. The van der Waals surface area contributed by atoms with Crippen LogP contribution >= 0.6 is 0 Å². The molecule has 9 nitrogen and oxygen atoms in total. The highest BCUT2D eigenvalue weighted by Crippen LogP contribution is 2.46. The average Bonchev–Trinajstić information content (AvgIpc) is 2.72. The average molecular weight is 423 g/mol. The number of ether oxygens (including phenoxy) is 4. The number of Topliss-reactive ketones (excluding diaryl/α,β-unsaturated/α-hetero) is 1. The standard InChI is InChI=1S/C19H21NO8S/c1-11(21)12-6-8-13(9-7-12)29(23,24)20-16-14(19(22)28-5)10-15(25-2)17(26-3)18(16)27-4/h6-10,20H,1-5H3.